The van der Waals surface area contributed by atoms with Crippen LogP contribution in [0, 0.1) is 22.7 Å². The maximum absolute atomic E-state index is 11.8. The number of carboxylic acid groups (broad SMARTS) is 1. The number of furan rings is 1. The molecule has 1 saturated carbocycles. The first-order valence-corrected chi connectivity index (χ1v) is 8.92. The van der Waals surface area contributed by atoms with Crippen LogP contribution in [-0.2, 0) is 11.2 Å². The molecule has 1 aromatic heterocycles. The number of carbonyl (C=O) groups is 1. The van der Waals surface area contributed by atoms with E-state index in [9.17, 15) is 15.0 Å². The Morgan fingerprint density at radius 2 is 2.17 bits per heavy atom. The summed E-state index contributed by atoms with van der Waals surface area (Å²) in [4.78, 5) is 11.8. The summed E-state index contributed by atoms with van der Waals surface area (Å²) < 4.78 is 5.18. The summed E-state index contributed by atoms with van der Waals surface area (Å²) in [6, 6.07) is 1.99. The standard InChI is InChI=1S/C20H28O4/c1-13-4-7-20(3)16(18(22)23)10-15(21)11-17(20)19(13,2)8-5-14-6-9-24-12-14/h6,9-10,12-13,15,17,21H,4-5,7-8,11H2,1-3H3,(H,22,23)/t13-,15+,17+,19-,20-/m0/s1. The third kappa shape index (κ3) is 2.71. The highest BCUT2D eigenvalue weighted by atomic mass is 16.4. The quantitative estimate of drug-likeness (QED) is 0.873. The number of aliphatic hydroxyl groups excluding tert-OH is 1. The van der Waals surface area contributed by atoms with Crippen molar-refractivity contribution in [2.45, 2.75) is 59.0 Å². The molecule has 0 radical (unpaired) electrons. The van der Waals surface area contributed by atoms with Crippen molar-refractivity contribution in [1.82, 2.24) is 0 Å². The summed E-state index contributed by atoms with van der Waals surface area (Å²) in [7, 11) is 0. The minimum Gasteiger partial charge on any atom is -0.478 e. The van der Waals surface area contributed by atoms with Gasteiger partial charge < -0.3 is 14.6 Å². The van der Waals surface area contributed by atoms with Gasteiger partial charge in [0.25, 0.3) is 0 Å². The molecule has 0 aliphatic heterocycles. The molecule has 2 N–H and O–H groups in total. The lowest BCUT2D eigenvalue weighted by atomic mass is 9.46. The Morgan fingerprint density at radius 1 is 1.42 bits per heavy atom. The van der Waals surface area contributed by atoms with Crippen molar-refractivity contribution in [1.29, 1.82) is 0 Å². The van der Waals surface area contributed by atoms with Crippen LogP contribution in [0.5, 0.6) is 0 Å². The summed E-state index contributed by atoms with van der Waals surface area (Å²) in [5, 5.41) is 20.0. The molecule has 3 rings (SSSR count). The van der Waals surface area contributed by atoms with Crippen LogP contribution in [-0.4, -0.2) is 22.3 Å². The second-order valence-electron chi connectivity index (χ2n) is 8.24. The lowest BCUT2D eigenvalue weighted by Crippen LogP contribution is -2.53. The minimum atomic E-state index is -0.881. The number of aryl methyl sites for hydroxylation is 1. The van der Waals surface area contributed by atoms with Crippen LogP contribution in [0.15, 0.2) is 34.7 Å². The van der Waals surface area contributed by atoms with E-state index >= 15 is 0 Å². The number of aliphatic hydroxyl groups is 1. The Kier molecular flexibility index (Phi) is 4.37. The highest BCUT2D eigenvalue weighted by Crippen LogP contribution is 2.61. The van der Waals surface area contributed by atoms with Gasteiger partial charge in [0.05, 0.1) is 18.6 Å². The third-order valence-electron chi connectivity index (χ3n) is 7.00. The van der Waals surface area contributed by atoms with Gasteiger partial charge in [-0.1, -0.05) is 20.8 Å². The second kappa shape index (κ2) is 6.07. The van der Waals surface area contributed by atoms with Gasteiger partial charge in [-0.15, -0.1) is 0 Å². The van der Waals surface area contributed by atoms with Crippen molar-refractivity contribution in [3.05, 3.63) is 35.8 Å². The topological polar surface area (TPSA) is 70.7 Å². The van der Waals surface area contributed by atoms with Crippen LogP contribution in [0.4, 0.5) is 0 Å². The smallest absolute Gasteiger partial charge is 0.331 e. The van der Waals surface area contributed by atoms with Gasteiger partial charge in [0, 0.05) is 11.0 Å². The summed E-state index contributed by atoms with van der Waals surface area (Å²) >= 11 is 0. The molecule has 0 bridgehead atoms. The predicted octanol–water partition coefficient (Wildman–Crippen LogP) is 4.05. The zero-order valence-electron chi connectivity index (χ0n) is 14.8. The summed E-state index contributed by atoms with van der Waals surface area (Å²) in [5.74, 6) is -0.206. The van der Waals surface area contributed by atoms with E-state index in [0.717, 1.165) is 25.7 Å². The Labute approximate surface area is 143 Å². The van der Waals surface area contributed by atoms with Crippen LogP contribution < -0.4 is 0 Å². The molecule has 4 heteroatoms. The van der Waals surface area contributed by atoms with Crippen LogP contribution >= 0.6 is 0 Å². The van der Waals surface area contributed by atoms with E-state index in [1.54, 1.807) is 18.6 Å². The van der Waals surface area contributed by atoms with Gasteiger partial charge in [-0.25, -0.2) is 4.79 Å². The highest BCUT2D eigenvalue weighted by Gasteiger charge is 2.56. The average Bonchev–Trinajstić information content (AvgIpc) is 3.04. The molecule has 1 heterocycles. The molecular formula is C20H28O4. The molecule has 0 spiro atoms. The van der Waals surface area contributed by atoms with Crippen LogP contribution in [0.25, 0.3) is 0 Å². The molecule has 1 aromatic rings. The fourth-order valence-corrected chi connectivity index (χ4v) is 5.22. The molecule has 0 amide bonds. The SMILES string of the molecule is C[C@H]1CC[C@@]2(C)C(C(=O)O)=C[C@@H](O)C[C@@H]2[C@@]1(C)CCc1ccoc1. The molecule has 5 atom stereocenters. The average molecular weight is 332 g/mol. The lowest BCUT2D eigenvalue weighted by molar-refractivity contribution is -0.138. The van der Waals surface area contributed by atoms with Crippen molar-refractivity contribution in [3.63, 3.8) is 0 Å². The Hall–Kier alpha value is -1.55. The molecule has 4 nitrogen and oxygen atoms in total. The van der Waals surface area contributed by atoms with E-state index in [1.165, 1.54) is 5.56 Å². The monoisotopic (exact) mass is 332 g/mol. The fraction of sp³-hybridized carbons (Fsp3) is 0.650. The van der Waals surface area contributed by atoms with Crippen molar-refractivity contribution in [2.24, 2.45) is 22.7 Å². The molecule has 2 aliphatic carbocycles. The summed E-state index contributed by atoms with van der Waals surface area (Å²) in [6.07, 6.45) is 8.86. The van der Waals surface area contributed by atoms with Crippen molar-refractivity contribution in [2.75, 3.05) is 0 Å². The lowest BCUT2D eigenvalue weighted by Gasteiger charge is -2.58. The van der Waals surface area contributed by atoms with Crippen LogP contribution in [0.3, 0.4) is 0 Å². The van der Waals surface area contributed by atoms with Crippen molar-refractivity contribution in [3.8, 4) is 0 Å². The van der Waals surface area contributed by atoms with Gasteiger partial charge in [-0.2, -0.15) is 0 Å². The first-order valence-electron chi connectivity index (χ1n) is 8.92. The zero-order chi connectivity index (χ0) is 17.5. The Bertz CT molecular complexity index is 632. The Balaban J connectivity index is 1.93. The van der Waals surface area contributed by atoms with Gasteiger partial charge in [-0.05, 0) is 67.1 Å². The molecule has 24 heavy (non-hydrogen) atoms. The zero-order valence-corrected chi connectivity index (χ0v) is 14.8. The summed E-state index contributed by atoms with van der Waals surface area (Å²) in [5.41, 5.74) is 1.23. The van der Waals surface area contributed by atoms with E-state index in [4.69, 9.17) is 4.42 Å². The first kappa shape index (κ1) is 17.3. The molecular weight excluding hydrogens is 304 g/mol. The van der Waals surface area contributed by atoms with E-state index in [0.29, 0.717) is 17.9 Å². The maximum atomic E-state index is 11.8. The van der Waals surface area contributed by atoms with E-state index in [-0.39, 0.29) is 16.7 Å². The van der Waals surface area contributed by atoms with Crippen LogP contribution in [0.2, 0.25) is 0 Å². The molecule has 0 saturated heterocycles. The predicted molar refractivity (Wildman–Crippen MR) is 91.5 cm³/mol. The molecule has 132 valence electrons. The number of hydrogen-bond donors (Lipinski definition) is 2. The van der Waals surface area contributed by atoms with Crippen molar-refractivity contribution < 1.29 is 19.4 Å². The van der Waals surface area contributed by atoms with Crippen molar-refractivity contribution >= 4 is 5.97 Å². The number of rotatable bonds is 4. The Morgan fingerprint density at radius 3 is 2.79 bits per heavy atom. The van der Waals surface area contributed by atoms with Gasteiger partial charge in [0.1, 0.15) is 0 Å². The largest absolute Gasteiger partial charge is 0.478 e. The van der Waals surface area contributed by atoms with Crippen LogP contribution in [0.1, 0.15) is 52.0 Å². The van der Waals surface area contributed by atoms with Gasteiger partial charge in [0.2, 0.25) is 0 Å². The number of hydrogen-bond acceptors (Lipinski definition) is 3. The van der Waals surface area contributed by atoms with Gasteiger partial charge in [-0.3, -0.25) is 0 Å². The van der Waals surface area contributed by atoms with Gasteiger partial charge >= 0.3 is 5.97 Å². The summed E-state index contributed by atoms with van der Waals surface area (Å²) in [6.45, 7) is 6.66. The van der Waals surface area contributed by atoms with E-state index in [1.807, 2.05) is 6.07 Å². The van der Waals surface area contributed by atoms with E-state index in [2.05, 4.69) is 20.8 Å². The van der Waals surface area contributed by atoms with E-state index < -0.39 is 12.1 Å². The molecule has 2 aliphatic rings. The number of carboxylic acids is 1. The molecule has 0 unspecified atom stereocenters. The third-order valence-corrected chi connectivity index (χ3v) is 7.00. The molecule has 0 aromatic carbocycles. The second-order valence-corrected chi connectivity index (χ2v) is 8.24. The minimum absolute atomic E-state index is 0.000208. The highest BCUT2D eigenvalue weighted by molar-refractivity contribution is 5.88. The normalized spacial score (nSPS) is 39.2. The number of fused-ring (bicyclic) bond motifs is 1. The first-order chi connectivity index (χ1) is 11.3. The van der Waals surface area contributed by atoms with Gasteiger partial charge in [0.15, 0.2) is 0 Å². The maximum Gasteiger partial charge on any atom is 0.331 e. The fourth-order valence-electron chi connectivity index (χ4n) is 5.22. The number of aliphatic carboxylic acids is 1. The molecule has 1 fully saturated rings.